The molecule has 0 heterocycles. The second-order valence-electron chi connectivity index (χ2n) is 3.11. The molecule has 1 aromatic rings. The van der Waals surface area contributed by atoms with Gasteiger partial charge in [-0.1, -0.05) is 28.1 Å². The summed E-state index contributed by atoms with van der Waals surface area (Å²) in [7, 11) is 0. The van der Waals surface area contributed by atoms with Crippen molar-refractivity contribution in [2.45, 2.75) is 19.4 Å². The van der Waals surface area contributed by atoms with E-state index in [2.05, 4.69) is 39.3 Å². The van der Waals surface area contributed by atoms with Gasteiger partial charge in [-0.05, 0) is 30.7 Å². The second kappa shape index (κ2) is 6.64. The number of rotatable bonds is 5. The van der Waals surface area contributed by atoms with Crippen LogP contribution in [0.15, 0.2) is 28.7 Å². The first-order valence-corrected chi connectivity index (χ1v) is 5.51. The summed E-state index contributed by atoms with van der Waals surface area (Å²) in [4.78, 5) is 0. The number of unbranched alkanes of at least 4 members (excludes halogenated alkanes) is 1. The first-order chi connectivity index (χ1) is 6.83. The van der Waals surface area contributed by atoms with E-state index in [1.807, 2.05) is 12.1 Å². The van der Waals surface area contributed by atoms with Gasteiger partial charge in [-0.15, -0.1) is 12.3 Å². The van der Waals surface area contributed by atoms with Gasteiger partial charge in [0.05, 0.1) is 0 Å². The monoisotopic (exact) mass is 251 g/mol. The molecule has 0 saturated heterocycles. The molecule has 0 spiro atoms. The van der Waals surface area contributed by atoms with Crippen molar-refractivity contribution >= 4 is 15.9 Å². The Labute approximate surface area is 94.0 Å². The summed E-state index contributed by atoms with van der Waals surface area (Å²) in [5.74, 6) is 2.63. The van der Waals surface area contributed by atoms with Gasteiger partial charge in [-0.3, -0.25) is 0 Å². The number of hydrogen-bond acceptors (Lipinski definition) is 1. The maximum Gasteiger partial charge on any atom is 0.0205 e. The molecule has 0 aromatic heterocycles. The smallest absolute Gasteiger partial charge is 0.0205 e. The van der Waals surface area contributed by atoms with Gasteiger partial charge in [0.2, 0.25) is 0 Å². The quantitative estimate of drug-likeness (QED) is 0.627. The van der Waals surface area contributed by atoms with Crippen LogP contribution in [0.2, 0.25) is 0 Å². The predicted molar refractivity (Wildman–Crippen MR) is 63.9 cm³/mol. The summed E-state index contributed by atoms with van der Waals surface area (Å²) in [6.45, 7) is 1.89. The van der Waals surface area contributed by atoms with Crippen molar-refractivity contribution in [2.75, 3.05) is 6.54 Å². The van der Waals surface area contributed by atoms with E-state index in [-0.39, 0.29) is 0 Å². The fourth-order valence-electron chi connectivity index (χ4n) is 1.20. The van der Waals surface area contributed by atoms with Gasteiger partial charge in [0.25, 0.3) is 0 Å². The number of benzene rings is 1. The predicted octanol–water partition coefficient (Wildman–Crippen LogP) is 2.95. The van der Waals surface area contributed by atoms with Crippen LogP contribution in [0, 0.1) is 12.3 Å². The van der Waals surface area contributed by atoms with Crippen LogP contribution in [-0.4, -0.2) is 6.54 Å². The maximum atomic E-state index is 5.16. The van der Waals surface area contributed by atoms with Gasteiger partial charge in [0.1, 0.15) is 0 Å². The van der Waals surface area contributed by atoms with Crippen LogP contribution in [0.5, 0.6) is 0 Å². The molecule has 2 heteroatoms. The number of nitrogens with one attached hydrogen (secondary N) is 1. The van der Waals surface area contributed by atoms with Crippen LogP contribution >= 0.6 is 15.9 Å². The lowest BCUT2D eigenvalue weighted by Gasteiger charge is -2.03. The molecule has 0 fully saturated rings. The molecule has 1 rings (SSSR count). The molecular weight excluding hydrogens is 238 g/mol. The van der Waals surface area contributed by atoms with Gasteiger partial charge >= 0.3 is 0 Å². The third kappa shape index (κ3) is 4.45. The number of hydrogen-bond donors (Lipinski definition) is 1. The highest BCUT2D eigenvalue weighted by Gasteiger charge is 1.92. The zero-order chi connectivity index (χ0) is 10.2. The topological polar surface area (TPSA) is 12.0 Å². The molecule has 0 radical (unpaired) electrons. The minimum Gasteiger partial charge on any atom is -0.313 e. The minimum absolute atomic E-state index is 0.853. The molecule has 0 unspecified atom stereocenters. The van der Waals surface area contributed by atoms with Crippen molar-refractivity contribution in [1.82, 2.24) is 5.32 Å². The van der Waals surface area contributed by atoms with Crippen molar-refractivity contribution in [3.63, 3.8) is 0 Å². The summed E-state index contributed by atoms with van der Waals surface area (Å²) in [6.07, 6.45) is 7.06. The van der Waals surface area contributed by atoms with Crippen LogP contribution in [0.25, 0.3) is 0 Å². The van der Waals surface area contributed by atoms with Gasteiger partial charge in [0.15, 0.2) is 0 Å². The van der Waals surface area contributed by atoms with Crippen molar-refractivity contribution in [3.05, 3.63) is 34.3 Å². The zero-order valence-electron chi connectivity index (χ0n) is 8.09. The first-order valence-electron chi connectivity index (χ1n) is 4.71. The van der Waals surface area contributed by atoms with E-state index >= 15 is 0 Å². The Morgan fingerprint density at radius 2 is 2.29 bits per heavy atom. The Bertz CT molecular complexity index is 314. The van der Waals surface area contributed by atoms with Crippen LogP contribution in [0.1, 0.15) is 18.4 Å². The van der Waals surface area contributed by atoms with E-state index in [0.717, 1.165) is 30.4 Å². The van der Waals surface area contributed by atoms with Crippen molar-refractivity contribution in [3.8, 4) is 12.3 Å². The summed E-state index contributed by atoms with van der Waals surface area (Å²) in [5.41, 5.74) is 1.29. The van der Waals surface area contributed by atoms with Crippen LogP contribution in [-0.2, 0) is 6.54 Å². The summed E-state index contributed by atoms with van der Waals surface area (Å²) < 4.78 is 1.13. The van der Waals surface area contributed by atoms with E-state index in [4.69, 9.17) is 6.42 Å². The Morgan fingerprint density at radius 1 is 1.43 bits per heavy atom. The Balaban J connectivity index is 2.22. The van der Waals surface area contributed by atoms with Gasteiger partial charge in [-0.2, -0.15) is 0 Å². The second-order valence-corrected chi connectivity index (χ2v) is 4.03. The first kappa shape index (κ1) is 11.3. The molecule has 0 amide bonds. The molecule has 0 atom stereocenters. The van der Waals surface area contributed by atoms with Crippen LogP contribution < -0.4 is 5.32 Å². The summed E-state index contributed by atoms with van der Waals surface area (Å²) in [6, 6.07) is 8.30. The molecule has 74 valence electrons. The van der Waals surface area contributed by atoms with E-state index in [1.165, 1.54) is 5.56 Å². The molecule has 1 N–H and O–H groups in total. The fourth-order valence-corrected chi connectivity index (χ4v) is 1.64. The largest absolute Gasteiger partial charge is 0.313 e. The van der Waals surface area contributed by atoms with Crippen LogP contribution in [0.3, 0.4) is 0 Å². The van der Waals surface area contributed by atoms with Crippen molar-refractivity contribution in [1.29, 1.82) is 0 Å². The highest BCUT2D eigenvalue weighted by atomic mass is 79.9. The fraction of sp³-hybridized carbons (Fsp3) is 0.333. The van der Waals surface area contributed by atoms with Gasteiger partial charge < -0.3 is 5.32 Å². The Morgan fingerprint density at radius 3 is 3.00 bits per heavy atom. The van der Waals surface area contributed by atoms with Gasteiger partial charge in [-0.25, -0.2) is 0 Å². The van der Waals surface area contributed by atoms with E-state index in [0.29, 0.717) is 0 Å². The third-order valence-electron chi connectivity index (χ3n) is 1.89. The Kier molecular flexibility index (Phi) is 5.36. The zero-order valence-corrected chi connectivity index (χ0v) is 9.68. The highest BCUT2D eigenvalue weighted by molar-refractivity contribution is 9.10. The van der Waals surface area contributed by atoms with E-state index < -0.39 is 0 Å². The molecule has 0 saturated carbocycles. The van der Waals surface area contributed by atoms with Gasteiger partial charge in [0, 0.05) is 17.4 Å². The van der Waals surface area contributed by atoms with E-state index in [9.17, 15) is 0 Å². The molecule has 0 bridgehead atoms. The normalized spacial score (nSPS) is 9.71. The number of terminal acetylenes is 1. The summed E-state index contributed by atoms with van der Waals surface area (Å²) in [5, 5.41) is 3.35. The standard InChI is InChI=1S/C12H14BrN/c1-2-3-4-8-14-10-11-6-5-7-12(13)9-11/h1,5-7,9,14H,3-4,8,10H2. The summed E-state index contributed by atoms with van der Waals surface area (Å²) >= 11 is 3.44. The minimum atomic E-state index is 0.853. The SMILES string of the molecule is C#CCCCNCc1cccc(Br)c1. The molecule has 14 heavy (non-hydrogen) atoms. The Hall–Kier alpha value is -0.780. The third-order valence-corrected chi connectivity index (χ3v) is 2.39. The highest BCUT2D eigenvalue weighted by Crippen LogP contribution is 2.11. The maximum absolute atomic E-state index is 5.16. The lowest BCUT2D eigenvalue weighted by Crippen LogP contribution is -2.14. The van der Waals surface area contributed by atoms with Crippen molar-refractivity contribution in [2.24, 2.45) is 0 Å². The van der Waals surface area contributed by atoms with E-state index in [1.54, 1.807) is 0 Å². The molecule has 0 aliphatic carbocycles. The molecule has 1 nitrogen and oxygen atoms in total. The van der Waals surface area contributed by atoms with Crippen LogP contribution in [0.4, 0.5) is 0 Å². The lowest BCUT2D eigenvalue weighted by atomic mass is 10.2. The molecule has 1 aromatic carbocycles. The van der Waals surface area contributed by atoms with Crippen molar-refractivity contribution < 1.29 is 0 Å². The molecule has 0 aliphatic rings. The molecular formula is C12H14BrN. The average Bonchev–Trinajstić information content (AvgIpc) is 2.18. The average molecular weight is 252 g/mol. The molecule has 0 aliphatic heterocycles. The lowest BCUT2D eigenvalue weighted by molar-refractivity contribution is 0.659. The number of halogens is 1.